The lowest BCUT2D eigenvalue weighted by atomic mass is 10.1. The second-order valence-electron chi connectivity index (χ2n) is 3.59. The number of hydrogen-bond donors (Lipinski definition) is 3. The molecule has 0 bridgehead atoms. The third-order valence-corrected chi connectivity index (χ3v) is 2.73. The Morgan fingerprint density at radius 2 is 2.00 bits per heavy atom. The quantitative estimate of drug-likeness (QED) is 0.354. The Morgan fingerprint density at radius 3 is 2.60 bits per heavy atom. The number of carbonyl (C=O) groups excluding carboxylic acids is 1. The first-order valence-corrected chi connectivity index (χ1v) is 5.67. The summed E-state index contributed by atoms with van der Waals surface area (Å²) in [5, 5.41) is 3.23. The lowest BCUT2D eigenvalue weighted by molar-refractivity contribution is -0.131. The Balaban J connectivity index is 2.14. The summed E-state index contributed by atoms with van der Waals surface area (Å²) < 4.78 is 0. The fourth-order valence-corrected chi connectivity index (χ4v) is 1.74. The van der Waals surface area contributed by atoms with Crippen molar-refractivity contribution in [3.05, 3.63) is 0 Å². The molecule has 1 fully saturated rings. The van der Waals surface area contributed by atoms with E-state index in [4.69, 9.17) is 18.1 Å². The number of thiocarbonyl (C=S) groups is 1. The highest BCUT2D eigenvalue weighted by molar-refractivity contribution is 7.80. The van der Waals surface area contributed by atoms with Gasteiger partial charge in [-0.2, -0.15) is 0 Å². The third-order valence-electron chi connectivity index (χ3n) is 2.46. The van der Waals surface area contributed by atoms with E-state index in [9.17, 15) is 4.79 Å². The van der Waals surface area contributed by atoms with Gasteiger partial charge in [0, 0.05) is 26.1 Å². The summed E-state index contributed by atoms with van der Waals surface area (Å²) in [6.45, 7) is 2.34. The van der Waals surface area contributed by atoms with Crippen LogP contribution < -0.4 is 16.6 Å². The minimum Gasteiger partial charge on any atom is -0.361 e. The second-order valence-corrected chi connectivity index (χ2v) is 4.00. The van der Waals surface area contributed by atoms with Crippen LogP contribution in [0, 0.1) is 0 Å². The van der Waals surface area contributed by atoms with Gasteiger partial charge >= 0.3 is 0 Å². The van der Waals surface area contributed by atoms with E-state index in [0.717, 1.165) is 25.9 Å². The van der Waals surface area contributed by atoms with Gasteiger partial charge in [-0.3, -0.25) is 4.79 Å². The van der Waals surface area contributed by atoms with E-state index in [1.165, 1.54) is 6.42 Å². The SMILES string of the molecule is NNC(=S)NCCC(=O)N1CCCCC1. The Morgan fingerprint density at radius 1 is 1.33 bits per heavy atom. The predicted octanol–water partition coefficient (Wildman–Crippen LogP) is -0.273. The molecule has 0 radical (unpaired) electrons. The minimum absolute atomic E-state index is 0.196. The number of likely N-dealkylation sites (tertiary alicyclic amines) is 1. The smallest absolute Gasteiger partial charge is 0.224 e. The number of piperidine rings is 1. The highest BCUT2D eigenvalue weighted by Gasteiger charge is 2.15. The van der Waals surface area contributed by atoms with Crippen molar-refractivity contribution in [3.63, 3.8) is 0 Å². The van der Waals surface area contributed by atoms with Gasteiger partial charge in [-0.15, -0.1) is 0 Å². The summed E-state index contributed by atoms with van der Waals surface area (Å²) >= 11 is 4.79. The molecule has 1 rings (SSSR count). The first-order chi connectivity index (χ1) is 7.24. The van der Waals surface area contributed by atoms with E-state index < -0.39 is 0 Å². The number of amides is 1. The molecule has 86 valence electrons. The summed E-state index contributed by atoms with van der Waals surface area (Å²) in [6.07, 6.45) is 3.97. The number of hydrogen-bond acceptors (Lipinski definition) is 3. The Kier molecular flexibility index (Phi) is 5.34. The number of rotatable bonds is 3. The molecule has 5 nitrogen and oxygen atoms in total. The lowest BCUT2D eigenvalue weighted by Gasteiger charge is -2.26. The second kappa shape index (κ2) is 6.58. The molecule has 0 atom stereocenters. The molecule has 15 heavy (non-hydrogen) atoms. The van der Waals surface area contributed by atoms with E-state index >= 15 is 0 Å². The van der Waals surface area contributed by atoms with Gasteiger partial charge in [-0.05, 0) is 31.5 Å². The van der Waals surface area contributed by atoms with E-state index in [-0.39, 0.29) is 5.91 Å². The normalized spacial score (nSPS) is 15.9. The molecule has 1 saturated heterocycles. The van der Waals surface area contributed by atoms with Crippen LogP contribution in [0.1, 0.15) is 25.7 Å². The van der Waals surface area contributed by atoms with Crippen LogP contribution in [0.4, 0.5) is 0 Å². The van der Waals surface area contributed by atoms with Crippen molar-refractivity contribution >= 4 is 23.2 Å². The topological polar surface area (TPSA) is 70.4 Å². The van der Waals surface area contributed by atoms with Gasteiger partial charge in [0.15, 0.2) is 5.11 Å². The highest BCUT2D eigenvalue weighted by atomic mass is 32.1. The molecule has 0 aromatic rings. The molecular weight excluding hydrogens is 212 g/mol. The zero-order valence-corrected chi connectivity index (χ0v) is 9.61. The van der Waals surface area contributed by atoms with Crippen molar-refractivity contribution in [3.8, 4) is 0 Å². The lowest BCUT2D eigenvalue weighted by Crippen LogP contribution is -2.42. The average molecular weight is 230 g/mol. The van der Waals surface area contributed by atoms with Crippen molar-refractivity contribution in [2.45, 2.75) is 25.7 Å². The zero-order valence-electron chi connectivity index (χ0n) is 8.79. The third kappa shape index (κ3) is 4.44. The van der Waals surface area contributed by atoms with Crippen LogP contribution in [-0.4, -0.2) is 35.6 Å². The van der Waals surface area contributed by atoms with Gasteiger partial charge in [-0.25, -0.2) is 5.84 Å². The van der Waals surface area contributed by atoms with Crippen LogP contribution in [0.3, 0.4) is 0 Å². The summed E-state index contributed by atoms with van der Waals surface area (Å²) in [5.74, 6) is 5.28. The number of hydrazine groups is 1. The molecule has 4 N–H and O–H groups in total. The van der Waals surface area contributed by atoms with Crippen molar-refractivity contribution in [2.24, 2.45) is 5.84 Å². The molecule has 1 aliphatic heterocycles. The summed E-state index contributed by atoms with van der Waals surface area (Å²) in [4.78, 5) is 13.6. The summed E-state index contributed by atoms with van der Waals surface area (Å²) in [5.41, 5.74) is 2.31. The molecule has 1 aliphatic rings. The van der Waals surface area contributed by atoms with Crippen LogP contribution in [0.15, 0.2) is 0 Å². The highest BCUT2D eigenvalue weighted by Crippen LogP contribution is 2.09. The van der Waals surface area contributed by atoms with Gasteiger partial charge in [0.25, 0.3) is 0 Å². The molecule has 0 aromatic heterocycles. The standard InChI is InChI=1S/C9H18N4OS/c10-12-9(15)11-5-4-8(14)13-6-2-1-3-7-13/h1-7,10H2,(H2,11,12,15). The predicted molar refractivity (Wildman–Crippen MR) is 63.0 cm³/mol. The van der Waals surface area contributed by atoms with E-state index in [2.05, 4.69) is 10.7 Å². The fourth-order valence-electron chi connectivity index (χ4n) is 1.64. The van der Waals surface area contributed by atoms with Crippen LogP contribution in [0.2, 0.25) is 0 Å². The van der Waals surface area contributed by atoms with E-state index in [0.29, 0.717) is 18.1 Å². The average Bonchev–Trinajstić information content (AvgIpc) is 2.29. The number of nitrogens with zero attached hydrogens (tertiary/aromatic N) is 1. The maximum absolute atomic E-state index is 11.7. The summed E-state index contributed by atoms with van der Waals surface area (Å²) in [7, 11) is 0. The Bertz CT molecular complexity index is 228. The maximum atomic E-state index is 11.7. The Hall–Kier alpha value is -0.880. The zero-order chi connectivity index (χ0) is 11.1. The van der Waals surface area contributed by atoms with Crippen molar-refractivity contribution in [1.82, 2.24) is 15.6 Å². The molecule has 1 heterocycles. The maximum Gasteiger partial charge on any atom is 0.224 e. The van der Waals surface area contributed by atoms with E-state index in [1.54, 1.807) is 0 Å². The molecule has 0 aliphatic carbocycles. The number of nitrogens with two attached hydrogens (primary N) is 1. The first-order valence-electron chi connectivity index (χ1n) is 5.26. The van der Waals surface area contributed by atoms with Crippen LogP contribution >= 0.6 is 12.2 Å². The molecule has 1 amide bonds. The van der Waals surface area contributed by atoms with E-state index in [1.807, 2.05) is 4.90 Å². The van der Waals surface area contributed by atoms with Crippen LogP contribution in [0.5, 0.6) is 0 Å². The monoisotopic (exact) mass is 230 g/mol. The summed E-state index contributed by atoms with van der Waals surface area (Å²) in [6, 6.07) is 0. The van der Waals surface area contributed by atoms with Gasteiger partial charge < -0.3 is 15.6 Å². The molecule has 0 spiro atoms. The Labute approximate surface area is 95.3 Å². The van der Waals surface area contributed by atoms with Crippen molar-refractivity contribution < 1.29 is 4.79 Å². The van der Waals surface area contributed by atoms with Crippen LogP contribution in [-0.2, 0) is 4.79 Å². The fraction of sp³-hybridized carbons (Fsp3) is 0.778. The molecule has 0 aromatic carbocycles. The van der Waals surface area contributed by atoms with Gasteiger partial charge in [0.1, 0.15) is 0 Å². The number of nitrogens with one attached hydrogen (secondary N) is 2. The molecule has 6 heteroatoms. The largest absolute Gasteiger partial charge is 0.361 e. The molecule has 0 saturated carbocycles. The first kappa shape index (κ1) is 12.2. The molecule has 0 unspecified atom stereocenters. The minimum atomic E-state index is 0.196. The van der Waals surface area contributed by atoms with Gasteiger partial charge in [-0.1, -0.05) is 0 Å². The van der Waals surface area contributed by atoms with Gasteiger partial charge in [0.05, 0.1) is 0 Å². The number of carbonyl (C=O) groups is 1. The molecular formula is C9H18N4OS. The van der Waals surface area contributed by atoms with Crippen molar-refractivity contribution in [2.75, 3.05) is 19.6 Å². The van der Waals surface area contributed by atoms with Crippen LogP contribution in [0.25, 0.3) is 0 Å². The van der Waals surface area contributed by atoms with Crippen molar-refractivity contribution in [1.29, 1.82) is 0 Å². The van der Waals surface area contributed by atoms with Gasteiger partial charge in [0.2, 0.25) is 5.91 Å².